The van der Waals surface area contributed by atoms with E-state index in [1.807, 2.05) is 23.6 Å². The monoisotopic (exact) mass is 558 g/mol. The van der Waals surface area contributed by atoms with Gasteiger partial charge in [-0.2, -0.15) is 0 Å². The fourth-order valence-electron chi connectivity index (χ4n) is 5.44. The molecule has 1 unspecified atom stereocenters. The lowest BCUT2D eigenvalue weighted by atomic mass is 9.99. The Morgan fingerprint density at radius 3 is 2.40 bits per heavy atom. The van der Waals surface area contributed by atoms with Crippen LogP contribution in [0.4, 0.5) is 4.39 Å². The number of rotatable bonds is 7. The Bertz CT molecular complexity index is 1690. The van der Waals surface area contributed by atoms with Crippen LogP contribution in [-0.4, -0.2) is 37.6 Å². The molecule has 0 radical (unpaired) electrons. The second kappa shape index (κ2) is 11.4. The van der Waals surface area contributed by atoms with Crippen LogP contribution in [0.25, 0.3) is 29.7 Å². The van der Waals surface area contributed by atoms with Gasteiger partial charge in [0.15, 0.2) is 5.82 Å². The fraction of sp³-hybridized carbons (Fsp3) is 0.344. The van der Waals surface area contributed by atoms with Gasteiger partial charge >= 0.3 is 0 Å². The van der Waals surface area contributed by atoms with E-state index in [1.54, 1.807) is 32.9 Å². The van der Waals surface area contributed by atoms with E-state index in [1.165, 1.54) is 12.1 Å². The predicted octanol–water partition coefficient (Wildman–Crippen LogP) is 5.27. The van der Waals surface area contributed by atoms with Crippen molar-refractivity contribution in [3.05, 3.63) is 96.3 Å². The van der Waals surface area contributed by atoms with E-state index in [0.717, 1.165) is 46.6 Å². The molecule has 0 saturated carbocycles. The normalized spacial score (nSPS) is 16.1. The largest absolute Gasteiger partial charge is 0.494 e. The van der Waals surface area contributed by atoms with Crippen LogP contribution in [0.2, 0.25) is 0 Å². The van der Waals surface area contributed by atoms with Crippen LogP contribution < -0.4 is 16.1 Å². The van der Waals surface area contributed by atoms with E-state index >= 15 is 0 Å². The van der Waals surface area contributed by atoms with Crippen molar-refractivity contribution in [2.24, 2.45) is 0 Å². The van der Waals surface area contributed by atoms with E-state index in [4.69, 9.17) is 9.97 Å². The first-order chi connectivity index (χ1) is 19.2. The summed E-state index contributed by atoms with van der Waals surface area (Å²) in [7, 11) is 0. The SMILES string of the molecule is C=c1nc(-c2csc(C(C)C)n2)n(-c2c(CC)cccc2CC)c(=O)c1=C(O)N1CCC(c2ccc(F)cc2)C1. The predicted molar refractivity (Wildman–Crippen MR) is 160 cm³/mol. The molecule has 2 aromatic heterocycles. The number of aryl methyl sites for hydroxylation is 2. The van der Waals surface area contributed by atoms with Gasteiger partial charge in [0.2, 0.25) is 5.88 Å². The summed E-state index contributed by atoms with van der Waals surface area (Å²) < 4.78 is 15.1. The molecule has 4 aromatic rings. The Kier molecular flexibility index (Phi) is 7.90. The minimum absolute atomic E-state index is 0.0933. The maximum Gasteiger partial charge on any atom is 0.271 e. The van der Waals surface area contributed by atoms with Gasteiger partial charge in [0.25, 0.3) is 5.56 Å². The summed E-state index contributed by atoms with van der Waals surface area (Å²) in [6, 6.07) is 12.5. The number of para-hydroxylation sites is 1. The minimum atomic E-state index is -0.368. The molecule has 2 aromatic carbocycles. The van der Waals surface area contributed by atoms with Gasteiger partial charge in [-0.3, -0.25) is 9.36 Å². The van der Waals surface area contributed by atoms with Crippen molar-refractivity contribution >= 4 is 23.8 Å². The number of likely N-dealkylation sites (tertiary alicyclic amines) is 1. The number of halogens is 1. The summed E-state index contributed by atoms with van der Waals surface area (Å²) in [5, 5.41) is 14.7. The molecule has 6 nitrogen and oxygen atoms in total. The topological polar surface area (TPSA) is 71.2 Å². The Hall–Kier alpha value is -3.78. The average molecular weight is 559 g/mol. The molecule has 0 bridgehead atoms. The van der Waals surface area contributed by atoms with Gasteiger partial charge in [-0.15, -0.1) is 11.3 Å². The highest BCUT2D eigenvalue weighted by molar-refractivity contribution is 7.10. The zero-order valence-electron chi connectivity index (χ0n) is 23.4. The molecule has 1 aliphatic heterocycles. The molecule has 1 saturated heterocycles. The minimum Gasteiger partial charge on any atom is -0.494 e. The molecular weight excluding hydrogens is 523 g/mol. The number of thiazole rings is 1. The number of hydrogen-bond donors (Lipinski definition) is 1. The average Bonchev–Trinajstić information content (AvgIpc) is 3.64. The van der Waals surface area contributed by atoms with Crippen LogP contribution >= 0.6 is 11.3 Å². The summed E-state index contributed by atoms with van der Waals surface area (Å²) in [6.07, 6.45) is 2.23. The molecule has 1 fully saturated rings. The number of aliphatic hydroxyl groups is 1. The number of hydrogen-bond acceptors (Lipinski definition) is 6. The van der Waals surface area contributed by atoms with Crippen LogP contribution in [-0.2, 0) is 12.8 Å². The third kappa shape index (κ3) is 5.08. The maximum absolute atomic E-state index is 14.5. The Morgan fingerprint density at radius 1 is 1.12 bits per heavy atom. The highest BCUT2D eigenvalue weighted by atomic mass is 32.1. The highest BCUT2D eigenvalue weighted by Gasteiger charge is 2.28. The molecule has 208 valence electrons. The Labute approximate surface area is 237 Å². The third-order valence-electron chi connectivity index (χ3n) is 7.64. The van der Waals surface area contributed by atoms with Gasteiger partial charge < -0.3 is 10.0 Å². The van der Waals surface area contributed by atoms with E-state index in [-0.39, 0.29) is 39.7 Å². The fourth-order valence-corrected chi connectivity index (χ4v) is 6.26. The smallest absolute Gasteiger partial charge is 0.271 e. The number of aromatic nitrogens is 3. The highest BCUT2D eigenvalue weighted by Crippen LogP contribution is 2.30. The molecule has 3 heterocycles. The molecule has 8 heteroatoms. The molecule has 1 N–H and O–H groups in total. The number of benzene rings is 2. The zero-order chi connectivity index (χ0) is 28.6. The van der Waals surface area contributed by atoms with Crippen LogP contribution in [0.1, 0.15) is 67.6 Å². The lowest BCUT2D eigenvalue weighted by Crippen LogP contribution is -2.50. The van der Waals surface area contributed by atoms with Crippen molar-refractivity contribution < 1.29 is 9.50 Å². The third-order valence-corrected chi connectivity index (χ3v) is 8.79. The first kappa shape index (κ1) is 27.8. The van der Waals surface area contributed by atoms with Gasteiger partial charge in [0.1, 0.15) is 16.7 Å². The molecule has 1 aliphatic rings. The van der Waals surface area contributed by atoms with Gasteiger partial charge in [-0.05, 0) is 48.1 Å². The summed E-state index contributed by atoms with van der Waals surface area (Å²) >= 11 is 1.54. The first-order valence-electron chi connectivity index (χ1n) is 13.9. The molecule has 0 spiro atoms. The lowest BCUT2D eigenvalue weighted by molar-refractivity contribution is 0.322. The Balaban J connectivity index is 1.73. The number of aliphatic hydroxyl groups excluding tert-OH is 1. The molecule has 0 amide bonds. The van der Waals surface area contributed by atoms with Crippen molar-refractivity contribution in [1.29, 1.82) is 0 Å². The van der Waals surface area contributed by atoms with Crippen LogP contribution in [0.5, 0.6) is 0 Å². The summed E-state index contributed by atoms with van der Waals surface area (Å²) in [6.45, 7) is 13.5. The Morgan fingerprint density at radius 2 is 1.80 bits per heavy atom. The molecule has 5 rings (SSSR count). The zero-order valence-corrected chi connectivity index (χ0v) is 24.3. The van der Waals surface area contributed by atoms with Crippen molar-refractivity contribution in [2.45, 2.75) is 58.8 Å². The molecule has 0 aliphatic carbocycles. The molecular formula is C32H35FN4O2S. The van der Waals surface area contributed by atoms with Crippen molar-refractivity contribution in [3.63, 3.8) is 0 Å². The van der Waals surface area contributed by atoms with Crippen molar-refractivity contribution in [3.8, 4) is 17.2 Å². The van der Waals surface area contributed by atoms with Crippen LogP contribution in [0.15, 0.2) is 52.6 Å². The van der Waals surface area contributed by atoms with Gasteiger partial charge in [-0.25, -0.2) is 14.4 Å². The molecule has 40 heavy (non-hydrogen) atoms. The molecule has 1 atom stereocenters. The van der Waals surface area contributed by atoms with Gasteiger partial charge in [0.05, 0.1) is 16.0 Å². The maximum atomic E-state index is 14.5. The van der Waals surface area contributed by atoms with E-state index in [9.17, 15) is 14.3 Å². The van der Waals surface area contributed by atoms with Crippen LogP contribution in [0.3, 0.4) is 0 Å². The van der Waals surface area contributed by atoms with E-state index in [2.05, 4.69) is 34.3 Å². The van der Waals surface area contributed by atoms with E-state index in [0.29, 0.717) is 24.6 Å². The summed E-state index contributed by atoms with van der Waals surface area (Å²) in [5.74, 6) is 0.382. The first-order valence-corrected chi connectivity index (χ1v) is 14.7. The standard InChI is InChI=1S/C32H35FN4O2S/c1-6-21-9-8-10-22(7-2)28(21)37-29(26-18-40-30(35-26)19(3)4)34-20(5)27(32(37)39)31(38)36-16-15-24(17-36)23-11-13-25(33)14-12-23/h8-14,18-19,24,38H,5-7,15-17H2,1-4H3. The summed E-state index contributed by atoms with van der Waals surface area (Å²) in [5.41, 5.74) is 4.08. The second-order valence-corrected chi connectivity index (χ2v) is 11.5. The van der Waals surface area contributed by atoms with Crippen LogP contribution in [0, 0.1) is 5.82 Å². The van der Waals surface area contributed by atoms with Crippen molar-refractivity contribution in [2.75, 3.05) is 13.1 Å². The quantitative estimate of drug-likeness (QED) is 0.335. The number of nitrogens with zero attached hydrogens (tertiary/aromatic N) is 4. The van der Waals surface area contributed by atoms with Crippen molar-refractivity contribution in [1.82, 2.24) is 19.4 Å². The van der Waals surface area contributed by atoms with Gasteiger partial charge in [0, 0.05) is 30.3 Å². The lowest BCUT2D eigenvalue weighted by Gasteiger charge is -2.20. The second-order valence-electron chi connectivity index (χ2n) is 10.6. The summed E-state index contributed by atoms with van der Waals surface area (Å²) in [4.78, 5) is 25.9. The van der Waals surface area contributed by atoms with E-state index < -0.39 is 0 Å². The van der Waals surface area contributed by atoms with Gasteiger partial charge in [-0.1, -0.05) is 64.6 Å².